The average Bonchev–Trinajstić information content (AvgIpc) is 2.39. The minimum Gasteiger partial charge on any atom is -0.481 e. The van der Waals surface area contributed by atoms with E-state index in [-0.39, 0.29) is 6.54 Å². The summed E-state index contributed by atoms with van der Waals surface area (Å²) in [4.78, 5) is 33.2. The highest BCUT2D eigenvalue weighted by Crippen LogP contribution is 2.09. The molecule has 108 valence electrons. The third-order valence-electron chi connectivity index (χ3n) is 2.78. The molecule has 7 heteroatoms. The molecule has 0 aromatic heterocycles. The van der Waals surface area contributed by atoms with E-state index in [1.165, 1.54) is 24.3 Å². The van der Waals surface area contributed by atoms with Crippen molar-refractivity contribution in [3.63, 3.8) is 0 Å². The Balaban J connectivity index is 2.50. The van der Waals surface area contributed by atoms with E-state index in [2.05, 4.69) is 10.6 Å². The molecule has 0 aliphatic rings. The highest BCUT2D eigenvalue weighted by molar-refractivity contribution is 5.94. The Morgan fingerprint density at radius 3 is 2.30 bits per heavy atom. The number of carboxylic acids is 1. The van der Waals surface area contributed by atoms with Crippen LogP contribution in [0.15, 0.2) is 24.3 Å². The second-order valence-electron chi connectivity index (χ2n) is 4.22. The Morgan fingerprint density at radius 1 is 1.25 bits per heavy atom. The van der Waals surface area contributed by atoms with E-state index in [1.807, 2.05) is 0 Å². The van der Waals surface area contributed by atoms with Crippen molar-refractivity contribution in [3.8, 4) is 0 Å². The molecule has 20 heavy (non-hydrogen) atoms. The summed E-state index contributed by atoms with van der Waals surface area (Å²) in [5.74, 6) is -2.11. The SMILES string of the molecule is CCC(CNC(=O)Nc1ccc(C(N)=O)cc1)C(=O)O. The van der Waals surface area contributed by atoms with Gasteiger partial charge in [0.25, 0.3) is 0 Å². The first kappa shape index (κ1) is 15.5. The lowest BCUT2D eigenvalue weighted by Crippen LogP contribution is -2.35. The van der Waals surface area contributed by atoms with E-state index in [9.17, 15) is 14.4 Å². The van der Waals surface area contributed by atoms with Crippen molar-refractivity contribution in [2.75, 3.05) is 11.9 Å². The molecular formula is C13H17N3O4. The number of amides is 3. The van der Waals surface area contributed by atoms with E-state index < -0.39 is 23.8 Å². The lowest BCUT2D eigenvalue weighted by molar-refractivity contribution is -0.141. The number of aliphatic carboxylic acids is 1. The van der Waals surface area contributed by atoms with Crippen LogP contribution in [0.3, 0.4) is 0 Å². The van der Waals surface area contributed by atoms with Crippen LogP contribution in [0.1, 0.15) is 23.7 Å². The number of hydrogen-bond donors (Lipinski definition) is 4. The lowest BCUT2D eigenvalue weighted by Gasteiger charge is -2.12. The van der Waals surface area contributed by atoms with E-state index in [4.69, 9.17) is 10.8 Å². The Hall–Kier alpha value is -2.57. The lowest BCUT2D eigenvalue weighted by atomic mass is 10.1. The van der Waals surface area contributed by atoms with Gasteiger partial charge in [-0.05, 0) is 30.7 Å². The van der Waals surface area contributed by atoms with Crippen molar-refractivity contribution < 1.29 is 19.5 Å². The number of carbonyl (C=O) groups is 3. The van der Waals surface area contributed by atoms with Crippen LogP contribution in [0.25, 0.3) is 0 Å². The molecule has 0 radical (unpaired) electrons. The van der Waals surface area contributed by atoms with Gasteiger partial charge in [0.15, 0.2) is 0 Å². The summed E-state index contributed by atoms with van der Waals surface area (Å²) in [6.45, 7) is 1.79. The second kappa shape index (κ2) is 7.13. The van der Waals surface area contributed by atoms with Gasteiger partial charge in [0.1, 0.15) is 0 Å². The fraction of sp³-hybridized carbons (Fsp3) is 0.308. The zero-order chi connectivity index (χ0) is 15.1. The number of primary amides is 1. The van der Waals surface area contributed by atoms with Gasteiger partial charge in [-0.1, -0.05) is 6.92 Å². The molecule has 1 aromatic carbocycles. The number of nitrogens with one attached hydrogen (secondary N) is 2. The zero-order valence-corrected chi connectivity index (χ0v) is 11.1. The molecule has 0 aliphatic carbocycles. The zero-order valence-electron chi connectivity index (χ0n) is 11.1. The normalized spacial score (nSPS) is 11.4. The Kier molecular flexibility index (Phi) is 5.52. The highest BCUT2D eigenvalue weighted by Gasteiger charge is 2.15. The minimum absolute atomic E-state index is 0.0526. The van der Waals surface area contributed by atoms with Crippen LogP contribution in [0, 0.1) is 5.92 Å². The van der Waals surface area contributed by atoms with Gasteiger partial charge in [-0.3, -0.25) is 9.59 Å². The van der Waals surface area contributed by atoms with E-state index in [0.29, 0.717) is 17.7 Å². The van der Waals surface area contributed by atoms with Crippen LogP contribution in [0.5, 0.6) is 0 Å². The van der Waals surface area contributed by atoms with Crippen molar-refractivity contribution in [2.24, 2.45) is 11.7 Å². The molecule has 1 rings (SSSR count). The Labute approximate surface area is 116 Å². The molecule has 1 unspecified atom stereocenters. The molecule has 0 spiro atoms. The maximum absolute atomic E-state index is 11.6. The first-order valence-electron chi connectivity index (χ1n) is 6.11. The predicted octanol–water partition coefficient (Wildman–Crippen LogP) is 1.02. The van der Waals surface area contributed by atoms with Crippen LogP contribution >= 0.6 is 0 Å². The number of benzene rings is 1. The highest BCUT2D eigenvalue weighted by atomic mass is 16.4. The van der Waals surface area contributed by atoms with Crippen LogP contribution < -0.4 is 16.4 Å². The van der Waals surface area contributed by atoms with Gasteiger partial charge < -0.3 is 21.5 Å². The van der Waals surface area contributed by atoms with Gasteiger partial charge >= 0.3 is 12.0 Å². The van der Waals surface area contributed by atoms with Gasteiger partial charge in [0.2, 0.25) is 5.91 Å². The molecule has 7 nitrogen and oxygen atoms in total. The van der Waals surface area contributed by atoms with Crippen molar-refractivity contribution >= 4 is 23.6 Å². The summed E-state index contributed by atoms with van der Waals surface area (Å²) in [6.07, 6.45) is 0.433. The smallest absolute Gasteiger partial charge is 0.319 e. The second-order valence-corrected chi connectivity index (χ2v) is 4.22. The summed E-state index contributed by atoms with van der Waals surface area (Å²) in [6, 6.07) is 5.55. The van der Waals surface area contributed by atoms with E-state index in [1.54, 1.807) is 6.92 Å². The summed E-state index contributed by atoms with van der Waals surface area (Å²) in [5, 5.41) is 13.9. The monoisotopic (exact) mass is 279 g/mol. The molecule has 0 aliphatic heterocycles. The summed E-state index contributed by atoms with van der Waals surface area (Å²) in [7, 11) is 0. The third kappa shape index (κ3) is 4.60. The molecule has 0 bridgehead atoms. The van der Waals surface area contributed by atoms with Gasteiger partial charge in [-0.2, -0.15) is 0 Å². The van der Waals surface area contributed by atoms with Crippen LogP contribution in [0.4, 0.5) is 10.5 Å². The molecule has 0 heterocycles. The maximum Gasteiger partial charge on any atom is 0.319 e. The number of hydrogen-bond acceptors (Lipinski definition) is 3. The number of nitrogens with two attached hydrogens (primary N) is 1. The number of urea groups is 1. The quantitative estimate of drug-likeness (QED) is 0.621. The van der Waals surface area contributed by atoms with E-state index >= 15 is 0 Å². The van der Waals surface area contributed by atoms with Crippen molar-refractivity contribution in [2.45, 2.75) is 13.3 Å². The van der Waals surface area contributed by atoms with Gasteiger partial charge in [-0.15, -0.1) is 0 Å². The fourth-order valence-electron chi connectivity index (χ4n) is 1.52. The van der Waals surface area contributed by atoms with Crippen LogP contribution in [-0.2, 0) is 4.79 Å². The third-order valence-corrected chi connectivity index (χ3v) is 2.78. The molecule has 3 amide bonds. The minimum atomic E-state index is -0.946. The number of rotatable bonds is 6. The van der Waals surface area contributed by atoms with Crippen LogP contribution in [0.2, 0.25) is 0 Å². The predicted molar refractivity (Wildman–Crippen MR) is 73.4 cm³/mol. The largest absolute Gasteiger partial charge is 0.481 e. The summed E-state index contributed by atoms with van der Waals surface area (Å²) < 4.78 is 0. The van der Waals surface area contributed by atoms with Gasteiger partial charge in [0.05, 0.1) is 5.92 Å². The van der Waals surface area contributed by atoms with Crippen molar-refractivity contribution in [1.82, 2.24) is 5.32 Å². The molecular weight excluding hydrogens is 262 g/mol. The first-order valence-corrected chi connectivity index (χ1v) is 6.11. The standard InChI is InChI=1S/C13H17N3O4/c1-2-8(12(18)19)7-15-13(20)16-10-5-3-9(4-6-10)11(14)17/h3-6,8H,2,7H2,1H3,(H2,14,17)(H,18,19)(H2,15,16,20). The molecule has 0 saturated heterocycles. The number of carbonyl (C=O) groups excluding carboxylic acids is 2. The Morgan fingerprint density at radius 2 is 1.85 bits per heavy atom. The summed E-state index contributed by atoms with van der Waals surface area (Å²) >= 11 is 0. The van der Waals surface area contributed by atoms with Gasteiger partial charge in [0, 0.05) is 17.8 Å². The number of carboxylic acid groups (broad SMARTS) is 1. The van der Waals surface area contributed by atoms with Crippen molar-refractivity contribution in [1.29, 1.82) is 0 Å². The topological polar surface area (TPSA) is 122 Å². The van der Waals surface area contributed by atoms with Crippen molar-refractivity contribution in [3.05, 3.63) is 29.8 Å². The molecule has 0 fully saturated rings. The van der Waals surface area contributed by atoms with Crippen LogP contribution in [-0.4, -0.2) is 29.6 Å². The first-order chi connectivity index (χ1) is 9.43. The maximum atomic E-state index is 11.6. The molecule has 0 saturated carbocycles. The average molecular weight is 279 g/mol. The van der Waals surface area contributed by atoms with E-state index in [0.717, 1.165) is 0 Å². The summed E-state index contributed by atoms with van der Waals surface area (Å²) in [5.41, 5.74) is 5.92. The molecule has 1 aromatic rings. The van der Waals surface area contributed by atoms with Gasteiger partial charge in [-0.25, -0.2) is 4.79 Å². The Bertz CT molecular complexity index is 499. The fourth-order valence-corrected chi connectivity index (χ4v) is 1.52. The molecule has 5 N–H and O–H groups in total. The molecule has 1 atom stereocenters. The number of anilines is 1.